The van der Waals surface area contributed by atoms with Gasteiger partial charge in [0.25, 0.3) is 0 Å². The van der Waals surface area contributed by atoms with Gasteiger partial charge >= 0.3 is 0 Å². The van der Waals surface area contributed by atoms with E-state index < -0.39 is 0 Å². The number of rotatable bonds is 7. The van der Waals surface area contributed by atoms with E-state index in [1.807, 2.05) is 26.0 Å². The Morgan fingerprint density at radius 3 is 2.60 bits per heavy atom. The van der Waals surface area contributed by atoms with Crippen LogP contribution < -0.4 is 11.1 Å². The van der Waals surface area contributed by atoms with Crippen LogP contribution in [-0.4, -0.2) is 40.4 Å². The lowest BCUT2D eigenvalue weighted by Crippen LogP contribution is -2.37. The molecule has 1 saturated heterocycles. The molecular weight excluding hydrogens is 494 g/mol. The van der Waals surface area contributed by atoms with Gasteiger partial charge in [0, 0.05) is 48.8 Å². The summed E-state index contributed by atoms with van der Waals surface area (Å²) >= 11 is 0. The summed E-state index contributed by atoms with van der Waals surface area (Å²) in [6.45, 7) is 11.7. The van der Waals surface area contributed by atoms with Gasteiger partial charge in [-0.15, -0.1) is 0 Å². The smallest absolute Gasteiger partial charge is 0.222 e. The van der Waals surface area contributed by atoms with E-state index in [-0.39, 0.29) is 0 Å². The average molecular weight is 542 g/mol. The Morgan fingerprint density at radius 2 is 1.88 bits per heavy atom. The number of aromatic amines is 1. The summed E-state index contributed by atoms with van der Waals surface area (Å²) in [7, 11) is 0. The first-order chi connectivity index (χ1) is 19.6. The van der Waals surface area contributed by atoms with E-state index in [0.717, 1.165) is 51.9 Å². The first kappa shape index (κ1) is 30.9. The first-order valence-corrected chi connectivity index (χ1v) is 14.9. The van der Waals surface area contributed by atoms with Crippen molar-refractivity contribution in [1.29, 1.82) is 0 Å². The lowest BCUT2D eigenvalue weighted by Gasteiger charge is -2.32. The third kappa shape index (κ3) is 8.43. The number of nitrogens with one attached hydrogen (secondary N) is 2. The highest BCUT2D eigenvalue weighted by molar-refractivity contribution is 5.90. The van der Waals surface area contributed by atoms with Gasteiger partial charge in [-0.2, -0.15) is 0 Å². The van der Waals surface area contributed by atoms with Crippen molar-refractivity contribution in [2.45, 2.75) is 72.3 Å². The topological polar surface area (TPSA) is 87.0 Å². The van der Waals surface area contributed by atoms with Crippen molar-refractivity contribution >= 4 is 28.2 Å². The average Bonchev–Trinajstić information content (AvgIpc) is 3.16. The van der Waals surface area contributed by atoms with E-state index in [1.165, 1.54) is 33.3 Å². The van der Waals surface area contributed by atoms with Crippen LogP contribution in [0.25, 0.3) is 16.5 Å². The second kappa shape index (κ2) is 16.5. The second-order valence-electron chi connectivity index (χ2n) is 9.94. The standard InChI is InChI=1S/C24H28N2O.C8H13N3.C2H6/c1-2-9-22(27)26-16-14-18(15-17-26)23-20-12-7-8-13-21(20)25-24(23)19-10-5-3-4-6-11-19;1-2-10-6-7-3-4-11-8(9)5-7;1-2/h3-8,10,12-13,18,25H,2,9,11,14-17H2,1H3;3-5,10H,2,6H2,1H3,(H2,9,11);1-2H3. The van der Waals surface area contributed by atoms with E-state index >= 15 is 0 Å². The van der Waals surface area contributed by atoms with Crippen molar-refractivity contribution in [3.63, 3.8) is 0 Å². The highest BCUT2D eigenvalue weighted by Gasteiger charge is 2.28. The van der Waals surface area contributed by atoms with Gasteiger partial charge in [-0.3, -0.25) is 4.79 Å². The number of likely N-dealkylation sites (tertiary alicyclic amines) is 1. The van der Waals surface area contributed by atoms with E-state index in [9.17, 15) is 4.79 Å². The molecule has 214 valence electrons. The maximum Gasteiger partial charge on any atom is 0.222 e. The maximum atomic E-state index is 12.3. The number of amides is 1. The molecular formula is C34H47N5O. The van der Waals surface area contributed by atoms with E-state index in [4.69, 9.17) is 5.73 Å². The van der Waals surface area contributed by atoms with Crippen molar-refractivity contribution < 1.29 is 4.79 Å². The van der Waals surface area contributed by atoms with Crippen LogP contribution in [0.3, 0.4) is 0 Å². The molecule has 0 bridgehead atoms. The van der Waals surface area contributed by atoms with Crippen molar-refractivity contribution in [2.75, 3.05) is 25.4 Å². The quantitative estimate of drug-likeness (QED) is 0.291. The molecule has 0 atom stereocenters. The second-order valence-corrected chi connectivity index (χ2v) is 9.94. The molecule has 2 aromatic heterocycles. The predicted molar refractivity (Wildman–Crippen MR) is 170 cm³/mol. The molecule has 1 aliphatic carbocycles. The van der Waals surface area contributed by atoms with Crippen LogP contribution in [0, 0.1) is 0 Å². The maximum absolute atomic E-state index is 12.3. The Balaban J connectivity index is 0.000000285. The number of aromatic nitrogens is 2. The van der Waals surface area contributed by atoms with E-state index in [2.05, 4.69) is 88.7 Å². The molecule has 1 aliphatic heterocycles. The summed E-state index contributed by atoms with van der Waals surface area (Å²) in [5, 5.41) is 4.55. The molecule has 5 rings (SSSR count). The molecule has 6 heteroatoms. The molecule has 3 heterocycles. The minimum Gasteiger partial charge on any atom is -0.384 e. The fourth-order valence-electron chi connectivity index (χ4n) is 5.27. The number of allylic oxidation sites excluding steroid dienone is 6. The van der Waals surface area contributed by atoms with Crippen LogP contribution in [0.5, 0.6) is 0 Å². The summed E-state index contributed by atoms with van der Waals surface area (Å²) in [5.74, 6) is 1.40. The zero-order valence-corrected chi connectivity index (χ0v) is 24.7. The summed E-state index contributed by atoms with van der Waals surface area (Å²) < 4.78 is 0. The molecule has 1 fully saturated rings. The summed E-state index contributed by atoms with van der Waals surface area (Å²) in [6, 6.07) is 12.5. The number of nitrogens with two attached hydrogens (primary N) is 1. The third-order valence-corrected chi connectivity index (χ3v) is 7.21. The number of nitrogen functional groups attached to an aromatic ring is 1. The van der Waals surface area contributed by atoms with Crippen molar-refractivity contribution in [2.24, 2.45) is 0 Å². The predicted octanol–water partition coefficient (Wildman–Crippen LogP) is 7.37. The Bertz CT molecular complexity index is 1290. The van der Waals surface area contributed by atoms with Crippen LogP contribution in [0.4, 0.5) is 5.82 Å². The van der Waals surface area contributed by atoms with Gasteiger partial charge in [-0.1, -0.05) is 76.3 Å². The third-order valence-electron chi connectivity index (χ3n) is 7.21. The number of piperidine rings is 1. The summed E-state index contributed by atoms with van der Waals surface area (Å²) in [5.41, 5.74) is 12.0. The summed E-state index contributed by atoms with van der Waals surface area (Å²) in [6.07, 6.45) is 17.1. The van der Waals surface area contributed by atoms with Gasteiger partial charge in [0.1, 0.15) is 5.82 Å². The van der Waals surface area contributed by atoms with Crippen molar-refractivity contribution in [3.05, 3.63) is 89.8 Å². The molecule has 0 radical (unpaired) electrons. The number of fused-ring (bicyclic) bond motifs is 1. The van der Waals surface area contributed by atoms with E-state index in [1.54, 1.807) is 6.20 Å². The van der Waals surface area contributed by atoms with Crippen LogP contribution in [0.1, 0.15) is 82.5 Å². The molecule has 1 amide bonds. The minimum absolute atomic E-state index is 0.317. The molecule has 4 N–H and O–H groups in total. The van der Waals surface area contributed by atoms with Crippen LogP contribution in [0.15, 0.2) is 73.0 Å². The molecule has 6 nitrogen and oxygen atoms in total. The molecule has 3 aromatic rings. The number of hydrogen-bond acceptors (Lipinski definition) is 4. The number of carbonyl (C=O) groups is 1. The van der Waals surface area contributed by atoms with Crippen LogP contribution >= 0.6 is 0 Å². The number of para-hydroxylation sites is 1. The fraction of sp³-hybridized carbons (Fsp3) is 0.412. The Labute approximate surface area is 240 Å². The Morgan fingerprint density at radius 1 is 1.10 bits per heavy atom. The monoisotopic (exact) mass is 541 g/mol. The van der Waals surface area contributed by atoms with Gasteiger partial charge in [0.15, 0.2) is 0 Å². The van der Waals surface area contributed by atoms with Crippen LogP contribution in [0.2, 0.25) is 0 Å². The molecule has 1 aromatic carbocycles. The zero-order valence-electron chi connectivity index (χ0n) is 24.7. The fourth-order valence-corrected chi connectivity index (χ4v) is 5.27. The molecule has 40 heavy (non-hydrogen) atoms. The normalized spacial score (nSPS) is 15.0. The van der Waals surface area contributed by atoms with Gasteiger partial charge in [-0.25, -0.2) is 4.98 Å². The SMILES string of the molecule is CC.CCCC(=O)N1CCC(c2c(C3=CC=CC=CC3)[nH]c3ccccc23)CC1.CCNCc1ccnc(N)c1. The van der Waals surface area contributed by atoms with Gasteiger partial charge in [0.2, 0.25) is 5.91 Å². The lowest BCUT2D eigenvalue weighted by molar-refractivity contribution is -0.132. The molecule has 2 aliphatic rings. The number of pyridine rings is 1. The number of carbonyl (C=O) groups excluding carboxylic acids is 1. The molecule has 0 unspecified atom stereocenters. The Kier molecular flexibility index (Phi) is 12.7. The number of hydrogen-bond donors (Lipinski definition) is 3. The van der Waals surface area contributed by atoms with Gasteiger partial charge in [-0.05, 0) is 73.0 Å². The zero-order chi connectivity index (χ0) is 28.7. The Hall–Kier alpha value is -3.64. The highest BCUT2D eigenvalue weighted by atomic mass is 16.2. The highest BCUT2D eigenvalue weighted by Crippen LogP contribution is 2.39. The summed E-state index contributed by atoms with van der Waals surface area (Å²) in [4.78, 5) is 21.9. The van der Waals surface area contributed by atoms with Crippen molar-refractivity contribution in [3.8, 4) is 0 Å². The van der Waals surface area contributed by atoms with Gasteiger partial charge in [0.05, 0.1) is 0 Å². The number of nitrogens with zero attached hydrogens (tertiary/aromatic N) is 2. The van der Waals surface area contributed by atoms with E-state index in [0.29, 0.717) is 24.1 Å². The largest absolute Gasteiger partial charge is 0.384 e. The number of H-pyrrole nitrogens is 1. The number of anilines is 1. The van der Waals surface area contributed by atoms with Gasteiger partial charge < -0.3 is 20.9 Å². The minimum atomic E-state index is 0.317. The van der Waals surface area contributed by atoms with Crippen molar-refractivity contribution in [1.82, 2.24) is 20.2 Å². The number of benzene rings is 1. The molecule has 0 spiro atoms. The van der Waals surface area contributed by atoms with Crippen LogP contribution in [-0.2, 0) is 11.3 Å². The molecule has 0 saturated carbocycles. The first-order valence-electron chi connectivity index (χ1n) is 14.9. The lowest BCUT2D eigenvalue weighted by atomic mass is 9.85.